The van der Waals surface area contributed by atoms with Crippen molar-refractivity contribution in [1.29, 1.82) is 0 Å². The fourth-order valence-electron chi connectivity index (χ4n) is 1.54. The molecule has 0 amide bonds. The van der Waals surface area contributed by atoms with Gasteiger partial charge in [0.05, 0.1) is 5.75 Å². The minimum atomic E-state index is -4.28. The maximum Gasteiger partial charge on any atom is 0.389 e. The van der Waals surface area contributed by atoms with Crippen LogP contribution in [0.2, 0.25) is 0 Å². The largest absolute Gasteiger partial charge is 0.389 e. The van der Waals surface area contributed by atoms with Gasteiger partial charge < -0.3 is 4.18 Å². The standard InChI is InChI=1S/C13H15F3O4S/c1-10(17)11-4-6-12(7-5-11)20-21(18,19)9-3-2-8-13(14,15)16/h4-7H,2-3,8-9H2,1H3. The molecule has 21 heavy (non-hydrogen) atoms. The number of unbranched alkanes of at least 4 members (excludes halogenated alkanes) is 1. The van der Waals surface area contributed by atoms with Gasteiger partial charge in [-0.2, -0.15) is 21.6 Å². The summed E-state index contributed by atoms with van der Waals surface area (Å²) >= 11 is 0. The second-order valence-corrected chi connectivity index (χ2v) is 6.19. The van der Waals surface area contributed by atoms with Crippen molar-refractivity contribution in [2.24, 2.45) is 0 Å². The van der Waals surface area contributed by atoms with Crippen molar-refractivity contribution in [3.05, 3.63) is 29.8 Å². The maximum atomic E-state index is 11.9. The number of rotatable bonds is 7. The molecule has 0 atom stereocenters. The van der Waals surface area contributed by atoms with Crippen molar-refractivity contribution in [3.63, 3.8) is 0 Å². The Morgan fingerprint density at radius 2 is 1.71 bits per heavy atom. The third kappa shape index (κ3) is 7.12. The van der Waals surface area contributed by atoms with Crippen LogP contribution in [-0.4, -0.2) is 26.1 Å². The topological polar surface area (TPSA) is 60.4 Å². The molecule has 0 unspecified atom stereocenters. The van der Waals surface area contributed by atoms with E-state index < -0.39 is 28.5 Å². The van der Waals surface area contributed by atoms with E-state index in [1.54, 1.807) is 0 Å². The minimum Gasteiger partial charge on any atom is -0.382 e. The SMILES string of the molecule is CC(=O)c1ccc(OS(=O)(=O)CCCCC(F)(F)F)cc1. The minimum absolute atomic E-state index is 0.0239. The van der Waals surface area contributed by atoms with Gasteiger partial charge in [0.2, 0.25) is 0 Å². The summed E-state index contributed by atoms with van der Waals surface area (Å²) in [6, 6.07) is 5.47. The van der Waals surface area contributed by atoms with E-state index in [1.807, 2.05) is 0 Å². The molecular weight excluding hydrogens is 309 g/mol. The molecule has 0 aliphatic heterocycles. The van der Waals surface area contributed by atoms with Crippen LogP contribution in [0.4, 0.5) is 13.2 Å². The Kier molecular flexibility index (Phi) is 5.77. The van der Waals surface area contributed by atoms with Crippen LogP contribution in [0, 0.1) is 0 Å². The molecule has 4 nitrogen and oxygen atoms in total. The summed E-state index contributed by atoms with van der Waals surface area (Å²) < 4.78 is 63.6. The average molecular weight is 324 g/mol. The molecule has 1 rings (SSSR count). The van der Waals surface area contributed by atoms with Crippen LogP contribution in [0.1, 0.15) is 36.5 Å². The van der Waals surface area contributed by atoms with Crippen molar-refractivity contribution < 1.29 is 30.6 Å². The molecule has 1 aromatic carbocycles. The number of Topliss-reactive ketones (excluding diaryl/α,β-unsaturated/α-hetero) is 1. The zero-order chi connectivity index (χ0) is 16.1. The van der Waals surface area contributed by atoms with Crippen LogP contribution >= 0.6 is 0 Å². The normalized spacial score (nSPS) is 12.2. The maximum absolute atomic E-state index is 11.9. The van der Waals surface area contributed by atoms with E-state index in [1.165, 1.54) is 31.2 Å². The molecule has 0 aliphatic carbocycles. The number of carbonyl (C=O) groups is 1. The van der Waals surface area contributed by atoms with Gasteiger partial charge in [-0.1, -0.05) is 0 Å². The molecule has 0 aromatic heterocycles. The Morgan fingerprint density at radius 3 is 2.19 bits per heavy atom. The number of benzene rings is 1. The highest BCUT2D eigenvalue weighted by Crippen LogP contribution is 2.22. The summed E-state index contributed by atoms with van der Waals surface area (Å²) in [4.78, 5) is 11.0. The fourth-order valence-corrected chi connectivity index (χ4v) is 2.58. The van der Waals surface area contributed by atoms with Gasteiger partial charge in [-0.05, 0) is 44.0 Å². The molecule has 0 spiro atoms. The predicted molar refractivity (Wildman–Crippen MR) is 70.8 cm³/mol. The zero-order valence-electron chi connectivity index (χ0n) is 11.3. The lowest BCUT2D eigenvalue weighted by molar-refractivity contribution is -0.135. The highest BCUT2D eigenvalue weighted by atomic mass is 32.2. The Hall–Kier alpha value is -1.57. The number of hydrogen-bond donors (Lipinski definition) is 0. The first-order valence-corrected chi connectivity index (χ1v) is 7.77. The summed E-state index contributed by atoms with van der Waals surface area (Å²) in [6.45, 7) is 1.37. The van der Waals surface area contributed by atoms with Crippen molar-refractivity contribution in [2.45, 2.75) is 32.4 Å². The van der Waals surface area contributed by atoms with Crippen LogP contribution in [0.15, 0.2) is 24.3 Å². The van der Waals surface area contributed by atoms with Crippen LogP contribution in [-0.2, 0) is 10.1 Å². The molecule has 1 aromatic rings. The van der Waals surface area contributed by atoms with Gasteiger partial charge in [-0.25, -0.2) is 0 Å². The Balaban J connectivity index is 2.50. The van der Waals surface area contributed by atoms with Gasteiger partial charge in [0.15, 0.2) is 5.78 Å². The Labute approximate surface area is 121 Å². The summed E-state index contributed by atoms with van der Waals surface area (Å²) in [7, 11) is -3.94. The Morgan fingerprint density at radius 1 is 1.14 bits per heavy atom. The fraction of sp³-hybridized carbons (Fsp3) is 0.462. The highest BCUT2D eigenvalue weighted by molar-refractivity contribution is 7.87. The van der Waals surface area contributed by atoms with Gasteiger partial charge in [0, 0.05) is 12.0 Å². The monoisotopic (exact) mass is 324 g/mol. The first kappa shape index (κ1) is 17.5. The van der Waals surface area contributed by atoms with Gasteiger partial charge in [0.1, 0.15) is 5.75 Å². The Bertz CT molecular complexity index is 576. The molecule has 118 valence electrons. The van der Waals surface area contributed by atoms with E-state index in [0.717, 1.165) is 0 Å². The first-order valence-electron chi connectivity index (χ1n) is 6.19. The lowest BCUT2D eigenvalue weighted by Crippen LogP contribution is -2.15. The van der Waals surface area contributed by atoms with E-state index in [4.69, 9.17) is 4.18 Å². The van der Waals surface area contributed by atoms with Crippen molar-refractivity contribution in [2.75, 3.05) is 5.75 Å². The molecule has 0 radical (unpaired) electrons. The molecule has 0 saturated carbocycles. The predicted octanol–water partition coefficient (Wildman–Crippen LogP) is 3.33. The van der Waals surface area contributed by atoms with Crippen LogP contribution in [0.3, 0.4) is 0 Å². The number of hydrogen-bond acceptors (Lipinski definition) is 4. The van der Waals surface area contributed by atoms with Gasteiger partial charge in [-0.3, -0.25) is 4.79 Å². The summed E-state index contributed by atoms with van der Waals surface area (Å²) in [5.41, 5.74) is 0.407. The number of alkyl halides is 3. The molecule has 0 aliphatic rings. The van der Waals surface area contributed by atoms with E-state index >= 15 is 0 Å². The first-order chi connectivity index (χ1) is 9.59. The van der Waals surface area contributed by atoms with Crippen molar-refractivity contribution in [3.8, 4) is 5.75 Å². The summed E-state index contributed by atoms with van der Waals surface area (Å²) in [6.07, 6.45) is -5.70. The van der Waals surface area contributed by atoms with E-state index in [2.05, 4.69) is 0 Å². The molecule has 0 saturated heterocycles. The molecule has 8 heteroatoms. The third-order valence-electron chi connectivity index (χ3n) is 2.59. The molecule has 0 heterocycles. The summed E-state index contributed by atoms with van der Waals surface area (Å²) in [5, 5.41) is 0. The van der Waals surface area contributed by atoms with E-state index in [9.17, 15) is 26.4 Å². The molecule has 0 bridgehead atoms. The van der Waals surface area contributed by atoms with E-state index in [-0.39, 0.29) is 24.4 Å². The second-order valence-electron chi connectivity index (χ2n) is 4.50. The quantitative estimate of drug-likeness (QED) is 0.438. The lowest BCUT2D eigenvalue weighted by Gasteiger charge is -2.08. The van der Waals surface area contributed by atoms with E-state index in [0.29, 0.717) is 5.56 Å². The smallest absolute Gasteiger partial charge is 0.382 e. The van der Waals surface area contributed by atoms with Crippen molar-refractivity contribution >= 4 is 15.9 Å². The highest BCUT2D eigenvalue weighted by Gasteiger charge is 2.26. The van der Waals surface area contributed by atoms with Crippen LogP contribution in [0.5, 0.6) is 5.75 Å². The second kappa shape index (κ2) is 6.93. The number of carbonyl (C=O) groups excluding carboxylic acids is 1. The van der Waals surface area contributed by atoms with Gasteiger partial charge in [-0.15, -0.1) is 0 Å². The third-order valence-corrected chi connectivity index (χ3v) is 3.82. The lowest BCUT2D eigenvalue weighted by atomic mass is 10.1. The van der Waals surface area contributed by atoms with Gasteiger partial charge >= 0.3 is 16.3 Å². The number of halogens is 3. The molecular formula is C13H15F3O4S. The molecule has 0 fully saturated rings. The number of ketones is 1. The van der Waals surface area contributed by atoms with Crippen LogP contribution in [0.25, 0.3) is 0 Å². The van der Waals surface area contributed by atoms with Crippen molar-refractivity contribution in [1.82, 2.24) is 0 Å². The summed E-state index contributed by atoms with van der Waals surface area (Å²) in [5.74, 6) is -0.634. The molecule has 0 N–H and O–H groups in total. The average Bonchev–Trinajstić information content (AvgIpc) is 2.34. The van der Waals surface area contributed by atoms with Gasteiger partial charge in [0.25, 0.3) is 0 Å². The zero-order valence-corrected chi connectivity index (χ0v) is 12.1. The van der Waals surface area contributed by atoms with Crippen LogP contribution < -0.4 is 4.18 Å².